The van der Waals surface area contributed by atoms with Crippen molar-refractivity contribution in [1.29, 1.82) is 0 Å². The quantitative estimate of drug-likeness (QED) is 0.538. The molecule has 2 aliphatic rings. The van der Waals surface area contributed by atoms with Crippen LogP contribution >= 0.6 is 0 Å². The van der Waals surface area contributed by atoms with Gasteiger partial charge in [-0.15, -0.1) is 0 Å². The molecule has 12 heavy (non-hydrogen) atoms. The van der Waals surface area contributed by atoms with Crippen LogP contribution in [0.25, 0.3) is 0 Å². The molecule has 2 nitrogen and oxygen atoms in total. The van der Waals surface area contributed by atoms with Crippen LogP contribution < -0.4 is 5.32 Å². The van der Waals surface area contributed by atoms with Crippen molar-refractivity contribution in [1.82, 2.24) is 0 Å². The number of aliphatic hydroxyl groups is 1. The van der Waals surface area contributed by atoms with Gasteiger partial charge >= 0.3 is 0 Å². The Balaban J connectivity index is 2.12. The monoisotopic (exact) mass is 170 g/mol. The molecule has 1 aliphatic carbocycles. The Hall–Kier alpha value is -0.0800. The second-order valence-corrected chi connectivity index (χ2v) is 4.59. The third-order valence-corrected chi connectivity index (χ3v) is 3.82. The molecule has 0 bridgehead atoms. The van der Waals surface area contributed by atoms with Crippen LogP contribution in [0.2, 0.25) is 0 Å². The molecular formula is C10H20NO+. The summed E-state index contributed by atoms with van der Waals surface area (Å²) in [6.07, 6.45) is 5.87. The second kappa shape index (κ2) is 3.00. The zero-order valence-corrected chi connectivity index (χ0v) is 7.92. The van der Waals surface area contributed by atoms with Crippen LogP contribution in [-0.2, 0) is 0 Å². The molecule has 1 saturated carbocycles. The van der Waals surface area contributed by atoms with Crippen molar-refractivity contribution in [2.75, 3.05) is 6.54 Å². The van der Waals surface area contributed by atoms with E-state index in [0.717, 1.165) is 19.4 Å². The van der Waals surface area contributed by atoms with Crippen molar-refractivity contribution < 1.29 is 10.4 Å². The van der Waals surface area contributed by atoms with Gasteiger partial charge in [0.2, 0.25) is 0 Å². The Labute approximate surface area is 74.4 Å². The van der Waals surface area contributed by atoms with Crippen LogP contribution in [0.5, 0.6) is 0 Å². The minimum absolute atomic E-state index is 0.285. The minimum atomic E-state index is -0.285. The van der Waals surface area contributed by atoms with Crippen molar-refractivity contribution in [2.24, 2.45) is 5.92 Å². The van der Waals surface area contributed by atoms with Crippen LogP contribution in [0, 0.1) is 5.92 Å². The van der Waals surface area contributed by atoms with Crippen molar-refractivity contribution in [3.05, 3.63) is 0 Å². The van der Waals surface area contributed by atoms with Crippen molar-refractivity contribution >= 4 is 0 Å². The van der Waals surface area contributed by atoms with Gasteiger partial charge in [-0.25, -0.2) is 0 Å². The Morgan fingerprint density at radius 2 is 2.17 bits per heavy atom. The molecule has 2 fully saturated rings. The highest BCUT2D eigenvalue weighted by atomic mass is 16.3. The Kier molecular flexibility index (Phi) is 2.13. The predicted molar refractivity (Wildman–Crippen MR) is 47.8 cm³/mol. The lowest BCUT2D eigenvalue weighted by molar-refractivity contribution is -0.709. The fourth-order valence-electron chi connectivity index (χ4n) is 3.07. The van der Waals surface area contributed by atoms with Gasteiger partial charge < -0.3 is 10.4 Å². The molecule has 0 amide bonds. The lowest BCUT2D eigenvalue weighted by atomic mass is 9.68. The van der Waals surface area contributed by atoms with E-state index in [1.165, 1.54) is 19.3 Å². The largest absolute Gasteiger partial charge is 0.389 e. The molecule has 3 N–H and O–H groups in total. The number of piperidine rings is 1. The average molecular weight is 170 g/mol. The van der Waals surface area contributed by atoms with E-state index >= 15 is 0 Å². The first kappa shape index (κ1) is 8.52. The summed E-state index contributed by atoms with van der Waals surface area (Å²) >= 11 is 0. The number of hydrogen-bond acceptors (Lipinski definition) is 1. The number of fused-ring (bicyclic) bond motifs is 1. The zero-order chi connectivity index (χ0) is 8.60. The van der Waals surface area contributed by atoms with Gasteiger partial charge in [-0.1, -0.05) is 12.8 Å². The molecule has 1 heterocycles. The molecule has 0 aromatic heterocycles. The number of rotatable bonds is 0. The third-order valence-electron chi connectivity index (χ3n) is 3.82. The molecule has 70 valence electrons. The standard InChI is InChI=1S/C10H19NO/c1-8-9-4-2-3-5-10(9,12)6-7-11-8/h8-9,11-12H,2-7H2,1H3/p+1/t8-,9-,10+/m1/s1. The van der Waals surface area contributed by atoms with Crippen LogP contribution in [0.15, 0.2) is 0 Å². The number of quaternary nitrogens is 1. The predicted octanol–water partition coefficient (Wildman–Crippen LogP) is 0.263. The first-order valence-electron chi connectivity index (χ1n) is 5.28. The zero-order valence-electron chi connectivity index (χ0n) is 7.92. The van der Waals surface area contributed by atoms with Crippen LogP contribution in [0.3, 0.4) is 0 Å². The molecule has 0 spiro atoms. The van der Waals surface area contributed by atoms with E-state index in [-0.39, 0.29) is 5.60 Å². The van der Waals surface area contributed by atoms with Gasteiger partial charge in [-0.05, 0) is 19.8 Å². The molecule has 1 saturated heterocycles. The summed E-state index contributed by atoms with van der Waals surface area (Å²) in [4.78, 5) is 0. The van der Waals surface area contributed by atoms with Crippen molar-refractivity contribution in [3.63, 3.8) is 0 Å². The van der Waals surface area contributed by atoms with E-state index in [2.05, 4.69) is 12.2 Å². The SMILES string of the molecule is C[C@H]1[NH2+]CC[C@@]2(O)CCCC[C@H]12. The first-order chi connectivity index (χ1) is 5.72. The van der Waals surface area contributed by atoms with Gasteiger partial charge in [0.1, 0.15) is 0 Å². The maximum Gasteiger partial charge on any atom is 0.0886 e. The molecular weight excluding hydrogens is 150 g/mol. The highest BCUT2D eigenvalue weighted by Crippen LogP contribution is 2.38. The van der Waals surface area contributed by atoms with Gasteiger partial charge in [0, 0.05) is 12.3 Å². The summed E-state index contributed by atoms with van der Waals surface area (Å²) in [5, 5.41) is 12.7. The molecule has 0 aromatic rings. The van der Waals surface area contributed by atoms with Gasteiger partial charge in [0.25, 0.3) is 0 Å². The van der Waals surface area contributed by atoms with E-state index < -0.39 is 0 Å². The third kappa shape index (κ3) is 1.27. The Morgan fingerprint density at radius 3 is 2.92 bits per heavy atom. The molecule has 2 rings (SSSR count). The number of hydrogen-bond donors (Lipinski definition) is 2. The van der Waals surface area contributed by atoms with E-state index in [1.54, 1.807) is 0 Å². The minimum Gasteiger partial charge on any atom is -0.389 e. The summed E-state index contributed by atoms with van der Waals surface area (Å²) in [7, 11) is 0. The maximum atomic E-state index is 10.3. The van der Waals surface area contributed by atoms with Crippen molar-refractivity contribution in [2.45, 2.75) is 50.7 Å². The molecule has 2 heteroatoms. The lowest BCUT2D eigenvalue weighted by Gasteiger charge is -2.45. The van der Waals surface area contributed by atoms with Gasteiger partial charge in [-0.2, -0.15) is 0 Å². The van der Waals surface area contributed by atoms with E-state index in [0.29, 0.717) is 12.0 Å². The number of nitrogens with two attached hydrogens (primary N) is 1. The van der Waals surface area contributed by atoms with Gasteiger partial charge in [-0.3, -0.25) is 0 Å². The van der Waals surface area contributed by atoms with E-state index in [1.807, 2.05) is 0 Å². The Morgan fingerprint density at radius 1 is 1.33 bits per heavy atom. The summed E-state index contributed by atoms with van der Waals surface area (Å²) in [6.45, 7) is 3.38. The summed E-state index contributed by atoms with van der Waals surface area (Å²) < 4.78 is 0. The topological polar surface area (TPSA) is 36.8 Å². The average Bonchev–Trinajstić information content (AvgIpc) is 2.04. The first-order valence-corrected chi connectivity index (χ1v) is 5.28. The fourth-order valence-corrected chi connectivity index (χ4v) is 3.07. The summed E-state index contributed by atoms with van der Waals surface area (Å²) in [5.41, 5.74) is -0.285. The Bertz CT molecular complexity index is 167. The molecule has 0 unspecified atom stereocenters. The molecule has 0 radical (unpaired) electrons. The highest BCUT2D eigenvalue weighted by molar-refractivity contribution is 4.93. The molecule has 1 aliphatic heterocycles. The van der Waals surface area contributed by atoms with Crippen LogP contribution in [-0.4, -0.2) is 23.3 Å². The molecule has 0 aromatic carbocycles. The van der Waals surface area contributed by atoms with Gasteiger partial charge in [0.05, 0.1) is 18.2 Å². The highest BCUT2D eigenvalue weighted by Gasteiger charge is 2.45. The second-order valence-electron chi connectivity index (χ2n) is 4.59. The van der Waals surface area contributed by atoms with Crippen molar-refractivity contribution in [3.8, 4) is 0 Å². The van der Waals surface area contributed by atoms with Crippen LogP contribution in [0.1, 0.15) is 39.0 Å². The summed E-state index contributed by atoms with van der Waals surface area (Å²) in [6, 6.07) is 0.643. The van der Waals surface area contributed by atoms with Gasteiger partial charge in [0.15, 0.2) is 0 Å². The van der Waals surface area contributed by atoms with Crippen LogP contribution in [0.4, 0.5) is 0 Å². The lowest BCUT2D eigenvalue weighted by Crippen LogP contribution is -2.95. The maximum absolute atomic E-state index is 10.3. The smallest absolute Gasteiger partial charge is 0.0886 e. The fraction of sp³-hybridized carbons (Fsp3) is 1.00. The van der Waals surface area contributed by atoms with E-state index in [4.69, 9.17) is 0 Å². The molecule has 3 atom stereocenters. The normalized spacial score (nSPS) is 48.5. The summed E-state index contributed by atoms with van der Waals surface area (Å²) in [5.74, 6) is 0.569. The van der Waals surface area contributed by atoms with E-state index in [9.17, 15) is 5.11 Å².